The van der Waals surface area contributed by atoms with Gasteiger partial charge in [-0.15, -0.1) is 0 Å². The van der Waals surface area contributed by atoms with Crippen LogP contribution in [-0.2, 0) is 16.4 Å². The number of sulfonamides is 1. The molecule has 0 saturated carbocycles. The van der Waals surface area contributed by atoms with E-state index in [1.807, 2.05) is 30.3 Å². The highest BCUT2D eigenvalue weighted by molar-refractivity contribution is 7.92. The lowest BCUT2D eigenvalue weighted by molar-refractivity contribution is 0.480. The summed E-state index contributed by atoms with van der Waals surface area (Å²) in [5.41, 5.74) is 2.20. The second-order valence-corrected chi connectivity index (χ2v) is 8.70. The summed E-state index contributed by atoms with van der Waals surface area (Å²) in [4.78, 5) is 7.63. The quantitative estimate of drug-likeness (QED) is 0.430. The molecule has 2 heterocycles. The Labute approximate surface area is 190 Å². The molecule has 0 unspecified atom stereocenters. The van der Waals surface area contributed by atoms with Crippen molar-refractivity contribution in [3.05, 3.63) is 108 Å². The van der Waals surface area contributed by atoms with Gasteiger partial charge in [0, 0.05) is 12.4 Å². The van der Waals surface area contributed by atoms with Gasteiger partial charge in [-0.05, 0) is 66.1 Å². The van der Waals surface area contributed by atoms with Crippen molar-refractivity contribution in [2.24, 2.45) is 0 Å². The molecular formula is C24H17FN4O3S. The molecule has 0 saturated heterocycles. The molecule has 4 aromatic rings. The van der Waals surface area contributed by atoms with Crippen LogP contribution < -0.4 is 9.46 Å². The zero-order valence-corrected chi connectivity index (χ0v) is 18.0. The number of halogens is 1. The van der Waals surface area contributed by atoms with Crippen molar-refractivity contribution in [3.63, 3.8) is 0 Å². The molecule has 4 rings (SSSR count). The first-order valence-corrected chi connectivity index (χ1v) is 11.3. The number of nitrogens with zero attached hydrogens (tertiary/aromatic N) is 3. The molecular weight excluding hydrogens is 443 g/mol. The van der Waals surface area contributed by atoms with Gasteiger partial charge in [0.05, 0.1) is 16.7 Å². The highest BCUT2D eigenvalue weighted by atomic mass is 32.2. The van der Waals surface area contributed by atoms with Crippen LogP contribution in [0.1, 0.15) is 16.7 Å². The fraction of sp³-hybridized carbons (Fsp3) is 0.0417. The van der Waals surface area contributed by atoms with Gasteiger partial charge in [-0.2, -0.15) is 5.26 Å². The van der Waals surface area contributed by atoms with E-state index in [0.717, 1.165) is 29.8 Å². The molecule has 2 aromatic heterocycles. The maximum absolute atomic E-state index is 13.0. The number of hydrogen-bond acceptors (Lipinski definition) is 6. The molecule has 0 spiro atoms. The number of hydrogen-bond donors (Lipinski definition) is 1. The Kier molecular flexibility index (Phi) is 6.29. The molecule has 0 aliphatic heterocycles. The van der Waals surface area contributed by atoms with Crippen LogP contribution in [0.4, 0.5) is 10.2 Å². The van der Waals surface area contributed by atoms with E-state index in [-0.39, 0.29) is 22.0 Å². The minimum Gasteiger partial charge on any atom is -0.456 e. The minimum absolute atomic E-state index is 0.0402. The fourth-order valence-corrected chi connectivity index (χ4v) is 4.06. The second kappa shape index (κ2) is 9.46. The molecule has 1 N–H and O–H groups in total. The van der Waals surface area contributed by atoms with Crippen LogP contribution in [0, 0.1) is 17.1 Å². The summed E-state index contributed by atoms with van der Waals surface area (Å²) in [6.07, 6.45) is 5.15. The largest absolute Gasteiger partial charge is 0.456 e. The monoisotopic (exact) mass is 460 g/mol. The number of nitrogens with one attached hydrogen (secondary N) is 1. The second-order valence-electron chi connectivity index (χ2n) is 7.02. The van der Waals surface area contributed by atoms with Crippen molar-refractivity contribution in [1.29, 1.82) is 5.26 Å². The molecule has 0 radical (unpaired) electrons. The van der Waals surface area contributed by atoms with Gasteiger partial charge in [0.25, 0.3) is 10.0 Å². The zero-order chi connectivity index (χ0) is 23.3. The van der Waals surface area contributed by atoms with Gasteiger partial charge >= 0.3 is 0 Å². The number of nitriles is 1. The topological polar surface area (TPSA) is 105 Å². The normalized spacial score (nSPS) is 10.9. The summed E-state index contributed by atoms with van der Waals surface area (Å²) in [6.45, 7) is 0. The molecule has 0 bridgehead atoms. The fourth-order valence-electron chi connectivity index (χ4n) is 3.03. The summed E-state index contributed by atoms with van der Waals surface area (Å²) < 4.78 is 46.3. The highest BCUT2D eigenvalue weighted by Gasteiger charge is 2.18. The van der Waals surface area contributed by atoms with Gasteiger partial charge in [-0.3, -0.25) is 9.71 Å². The molecule has 0 aliphatic carbocycles. The average molecular weight is 460 g/mol. The molecule has 33 heavy (non-hydrogen) atoms. The summed E-state index contributed by atoms with van der Waals surface area (Å²) in [5.74, 6) is 0.0972. The third kappa shape index (κ3) is 5.50. The van der Waals surface area contributed by atoms with E-state index >= 15 is 0 Å². The first-order chi connectivity index (χ1) is 15.9. The van der Waals surface area contributed by atoms with Crippen LogP contribution in [0.3, 0.4) is 0 Å². The van der Waals surface area contributed by atoms with E-state index < -0.39 is 15.8 Å². The zero-order valence-electron chi connectivity index (χ0n) is 17.1. The van der Waals surface area contributed by atoms with Crippen molar-refractivity contribution >= 4 is 15.8 Å². The van der Waals surface area contributed by atoms with Crippen molar-refractivity contribution in [3.8, 4) is 17.6 Å². The molecule has 164 valence electrons. The highest BCUT2D eigenvalue weighted by Crippen LogP contribution is 2.28. The van der Waals surface area contributed by atoms with Crippen LogP contribution >= 0.6 is 0 Å². The Morgan fingerprint density at radius 3 is 2.48 bits per heavy atom. The summed E-state index contributed by atoms with van der Waals surface area (Å²) in [6, 6.07) is 19.4. The lowest BCUT2D eigenvalue weighted by Gasteiger charge is -2.11. The SMILES string of the molecule is N#Cc1cc(S(=O)(=O)Nc2ccc(F)cn2)ccc1Oc1ccc(Cc2cccnc2)cc1. The predicted molar refractivity (Wildman–Crippen MR) is 120 cm³/mol. The summed E-state index contributed by atoms with van der Waals surface area (Å²) in [5, 5.41) is 9.51. The maximum Gasteiger partial charge on any atom is 0.263 e. The minimum atomic E-state index is -4.03. The van der Waals surface area contributed by atoms with Gasteiger partial charge < -0.3 is 4.74 Å². The van der Waals surface area contributed by atoms with E-state index in [1.54, 1.807) is 24.5 Å². The van der Waals surface area contributed by atoms with Crippen molar-refractivity contribution in [2.75, 3.05) is 4.72 Å². The summed E-state index contributed by atoms with van der Waals surface area (Å²) in [7, 11) is -4.03. The molecule has 7 nitrogen and oxygen atoms in total. The molecule has 9 heteroatoms. The number of ether oxygens (including phenoxy) is 1. The molecule has 0 amide bonds. The molecule has 2 aromatic carbocycles. The van der Waals surface area contributed by atoms with Gasteiger partial charge in [-0.1, -0.05) is 18.2 Å². The van der Waals surface area contributed by atoms with Crippen LogP contribution in [0.5, 0.6) is 11.5 Å². The molecule has 0 fully saturated rings. The van der Waals surface area contributed by atoms with Crippen LogP contribution in [0.25, 0.3) is 0 Å². The van der Waals surface area contributed by atoms with E-state index in [4.69, 9.17) is 4.74 Å². The third-order valence-electron chi connectivity index (χ3n) is 4.63. The van der Waals surface area contributed by atoms with Gasteiger partial charge in [-0.25, -0.2) is 17.8 Å². The van der Waals surface area contributed by atoms with Crippen molar-refractivity contribution in [2.45, 2.75) is 11.3 Å². The first-order valence-electron chi connectivity index (χ1n) is 9.77. The number of benzene rings is 2. The van der Waals surface area contributed by atoms with Crippen molar-refractivity contribution < 1.29 is 17.5 Å². The Morgan fingerprint density at radius 1 is 1.00 bits per heavy atom. The molecule has 0 aliphatic rings. The predicted octanol–water partition coefficient (Wildman–Crippen LogP) is 4.67. The van der Waals surface area contributed by atoms with Crippen molar-refractivity contribution in [1.82, 2.24) is 9.97 Å². The smallest absolute Gasteiger partial charge is 0.263 e. The number of pyridine rings is 2. The number of aromatic nitrogens is 2. The van der Waals surface area contributed by atoms with Gasteiger partial charge in [0.1, 0.15) is 29.2 Å². The lowest BCUT2D eigenvalue weighted by atomic mass is 10.1. The maximum atomic E-state index is 13.0. The molecule has 0 atom stereocenters. The number of anilines is 1. The van der Waals surface area contributed by atoms with E-state index in [0.29, 0.717) is 5.75 Å². The Hall–Kier alpha value is -4.29. The Morgan fingerprint density at radius 2 is 1.82 bits per heavy atom. The van der Waals surface area contributed by atoms with Crippen LogP contribution in [0.15, 0.2) is 90.2 Å². The van der Waals surface area contributed by atoms with Crippen LogP contribution in [0.2, 0.25) is 0 Å². The van der Waals surface area contributed by atoms with E-state index in [1.165, 1.54) is 24.3 Å². The first kappa shape index (κ1) is 21.9. The lowest BCUT2D eigenvalue weighted by Crippen LogP contribution is -2.14. The Balaban J connectivity index is 1.50. The van der Waals surface area contributed by atoms with Gasteiger partial charge in [0.2, 0.25) is 0 Å². The van der Waals surface area contributed by atoms with E-state index in [9.17, 15) is 18.1 Å². The van der Waals surface area contributed by atoms with Gasteiger partial charge in [0.15, 0.2) is 0 Å². The third-order valence-corrected chi connectivity index (χ3v) is 5.98. The summed E-state index contributed by atoms with van der Waals surface area (Å²) >= 11 is 0. The standard InChI is InChI=1S/C24H17FN4O3S/c25-20-5-10-24(28-16-20)29-33(30,31)22-8-9-23(19(13-22)14-26)32-21-6-3-17(4-7-21)12-18-2-1-11-27-15-18/h1-11,13,15-16H,12H2,(H,28,29). The van der Waals surface area contributed by atoms with E-state index in [2.05, 4.69) is 14.7 Å². The average Bonchev–Trinajstić information content (AvgIpc) is 2.82. The van der Waals surface area contributed by atoms with Crippen LogP contribution in [-0.4, -0.2) is 18.4 Å². The Bertz CT molecular complexity index is 1400. The number of rotatable bonds is 7.